The van der Waals surface area contributed by atoms with Crippen LogP contribution in [-0.4, -0.2) is 37.7 Å². The Bertz CT molecular complexity index is 1490. The van der Waals surface area contributed by atoms with Gasteiger partial charge in [0, 0.05) is 43.5 Å². The van der Waals surface area contributed by atoms with Crippen molar-refractivity contribution in [2.24, 2.45) is 0 Å². The molecule has 2 N–H and O–H groups in total. The molecule has 36 heavy (non-hydrogen) atoms. The number of nitrogens with one attached hydrogen (secondary N) is 2. The van der Waals surface area contributed by atoms with Crippen LogP contribution in [0.15, 0.2) is 49.4 Å². The average molecular weight is 490 g/mol. The maximum atomic E-state index is 12.8. The highest BCUT2D eigenvalue weighted by atomic mass is 16.5. The van der Waals surface area contributed by atoms with E-state index in [0.717, 1.165) is 38.9 Å². The summed E-state index contributed by atoms with van der Waals surface area (Å²) in [5, 5.41) is 8.21. The highest BCUT2D eigenvalue weighted by Crippen LogP contribution is 2.41. The Hall–Kier alpha value is -4.20. The normalized spacial score (nSPS) is 11.3. The van der Waals surface area contributed by atoms with E-state index in [1.54, 1.807) is 6.20 Å². The number of aryl methyl sites for hydroxylation is 2. The topological polar surface area (TPSA) is 102 Å². The Balaban J connectivity index is 0.00000253. The van der Waals surface area contributed by atoms with Crippen molar-refractivity contribution < 1.29 is 17.2 Å². The second-order valence-corrected chi connectivity index (χ2v) is 9.38. The molecule has 0 unspecified atom stereocenters. The third-order valence-electron chi connectivity index (χ3n) is 6.03. The van der Waals surface area contributed by atoms with Gasteiger partial charge in [-0.2, -0.15) is 5.10 Å². The number of hydrogen-bond acceptors (Lipinski definition) is 5. The van der Waals surface area contributed by atoms with Crippen LogP contribution in [0, 0.1) is 13.8 Å². The summed E-state index contributed by atoms with van der Waals surface area (Å²) in [6.07, 6.45) is 6.34. The summed E-state index contributed by atoms with van der Waals surface area (Å²) in [4.78, 5) is 32.9. The predicted molar refractivity (Wildman–Crippen MR) is 146 cm³/mol. The number of carbonyl (C=O) groups excluding carboxylic acids is 2. The molecule has 0 atom stereocenters. The van der Waals surface area contributed by atoms with Crippen LogP contribution >= 0.6 is 0 Å². The smallest absolute Gasteiger partial charge is 0.340 e. The number of aromatic nitrogens is 4. The third kappa shape index (κ3) is 4.66. The second kappa shape index (κ2) is 9.81. The number of rotatable bonds is 7. The molecule has 3 heterocycles. The van der Waals surface area contributed by atoms with Crippen molar-refractivity contribution >= 4 is 28.6 Å². The molecular formula is C28H35N5O3. The minimum Gasteiger partial charge on any atom is -0.459 e. The van der Waals surface area contributed by atoms with Crippen molar-refractivity contribution in [1.82, 2.24) is 19.7 Å². The Morgan fingerprint density at radius 2 is 1.92 bits per heavy atom. The van der Waals surface area contributed by atoms with Crippen LogP contribution in [0.25, 0.3) is 33.4 Å². The highest BCUT2D eigenvalue weighted by molar-refractivity contribution is 6.08. The highest BCUT2D eigenvalue weighted by Gasteiger charge is 2.23. The molecule has 0 fully saturated rings. The molecule has 1 aromatic carbocycles. The SMILES string of the molecule is C=CC(=O)Nc1cc(-c2c(-c3cnn(C(C)C)c3)[nH]c3ncc(C(=O)OC(C)C)c(C)c23)ccc1C.[HH].[HH]. The van der Waals surface area contributed by atoms with Gasteiger partial charge in [-0.05, 0) is 70.4 Å². The number of nitrogens with zero attached hydrogens (tertiary/aromatic N) is 3. The summed E-state index contributed by atoms with van der Waals surface area (Å²) in [5.74, 6) is -0.703. The molecule has 0 aliphatic rings. The van der Waals surface area contributed by atoms with Gasteiger partial charge < -0.3 is 15.0 Å². The van der Waals surface area contributed by atoms with Crippen LogP contribution in [0.3, 0.4) is 0 Å². The molecule has 0 saturated heterocycles. The Labute approximate surface area is 213 Å². The molecule has 0 bridgehead atoms. The first-order valence-corrected chi connectivity index (χ1v) is 11.9. The molecule has 0 saturated carbocycles. The first kappa shape index (κ1) is 24.9. The van der Waals surface area contributed by atoms with Crippen molar-refractivity contribution in [1.29, 1.82) is 0 Å². The number of carbonyl (C=O) groups is 2. The van der Waals surface area contributed by atoms with Gasteiger partial charge in [0.1, 0.15) is 5.65 Å². The van der Waals surface area contributed by atoms with Crippen molar-refractivity contribution in [2.75, 3.05) is 5.32 Å². The van der Waals surface area contributed by atoms with E-state index in [1.807, 2.05) is 63.0 Å². The molecule has 0 radical (unpaired) electrons. The number of benzene rings is 1. The molecule has 0 aliphatic heterocycles. The second-order valence-electron chi connectivity index (χ2n) is 9.38. The lowest BCUT2D eigenvalue weighted by Gasteiger charge is -2.13. The van der Waals surface area contributed by atoms with Crippen LogP contribution in [0.2, 0.25) is 0 Å². The van der Waals surface area contributed by atoms with Gasteiger partial charge in [0.2, 0.25) is 5.91 Å². The number of anilines is 1. The first-order chi connectivity index (χ1) is 17.1. The fourth-order valence-corrected chi connectivity index (χ4v) is 4.14. The van der Waals surface area contributed by atoms with E-state index in [1.165, 1.54) is 6.08 Å². The van der Waals surface area contributed by atoms with Gasteiger partial charge in [-0.25, -0.2) is 9.78 Å². The van der Waals surface area contributed by atoms with E-state index < -0.39 is 5.97 Å². The van der Waals surface area contributed by atoms with Gasteiger partial charge in [0.05, 0.1) is 23.6 Å². The standard InChI is InChI=1S/C28H31N5O3.2H2/c1-8-23(34)31-22-11-19(10-9-17(22)6)25-24-18(7)21(28(35)36-16(4)5)13-29-27(24)32-26(25)20-12-30-33(14-20)15(2)3;;/h8-16H,1H2,2-7H3,(H,29,32)(H,31,34);2*1H. The van der Waals surface area contributed by atoms with Gasteiger partial charge in [0.15, 0.2) is 0 Å². The minimum absolute atomic E-state index is 0. The quantitative estimate of drug-likeness (QED) is 0.229. The number of pyridine rings is 1. The van der Waals surface area contributed by atoms with Crippen LogP contribution in [-0.2, 0) is 9.53 Å². The number of ether oxygens (including phenoxy) is 1. The molecule has 8 nitrogen and oxygen atoms in total. The minimum atomic E-state index is -0.416. The fourth-order valence-electron chi connectivity index (χ4n) is 4.14. The molecular weight excluding hydrogens is 454 g/mol. The van der Waals surface area contributed by atoms with Crippen LogP contribution in [0.5, 0.6) is 0 Å². The molecule has 0 spiro atoms. The molecule has 4 rings (SSSR count). The molecule has 4 aromatic rings. The Kier molecular flexibility index (Phi) is 6.79. The van der Waals surface area contributed by atoms with Crippen LogP contribution < -0.4 is 5.32 Å². The van der Waals surface area contributed by atoms with Crippen molar-refractivity contribution in [3.63, 3.8) is 0 Å². The molecule has 8 heteroatoms. The largest absolute Gasteiger partial charge is 0.459 e. The number of esters is 1. The summed E-state index contributed by atoms with van der Waals surface area (Å²) < 4.78 is 7.35. The van der Waals surface area contributed by atoms with Gasteiger partial charge in [-0.1, -0.05) is 18.7 Å². The Morgan fingerprint density at radius 3 is 2.56 bits per heavy atom. The maximum absolute atomic E-state index is 12.8. The summed E-state index contributed by atoms with van der Waals surface area (Å²) in [6, 6.07) is 6.07. The van der Waals surface area contributed by atoms with Gasteiger partial charge in [-0.15, -0.1) is 0 Å². The van der Waals surface area contributed by atoms with Gasteiger partial charge >= 0.3 is 5.97 Å². The summed E-state index contributed by atoms with van der Waals surface area (Å²) in [7, 11) is 0. The Morgan fingerprint density at radius 1 is 1.17 bits per heavy atom. The van der Waals surface area contributed by atoms with Gasteiger partial charge in [-0.3, -0.25) is 9.48 Å². The van der Waals surface area contributed by atoms with Crippen molar-refractivity contribution in [3.05, 3.63) is 66.1 Å². The van der Waals surface area contributed by atoms with Crippen molar-refractivity contribution in [3.8, 4) is 22.4 Å². The van der Waals surface area contributed by atoms with E-state index in [-0.39, 0.29) is 20.9 Å². The zero-order valence-corrected chi connectivity index (χ0v) is 21.5. The molecule has 1 amide bonds. The first-order valence-electron chi connectivity index (χ1n) is 11.9. The zero-order valence-electron chi connectivity index (χ0n) is 21.5. The van der Waals surface area contributed by atoms with Crippen molar-refractivity contribution in [2.45, 2.75) is 53.7 Å². The van der Waals surface area contributed by atoms with E-state index in [9.17, 15) is 9.59 Å². The third-order valence-corrected chi connectivity index (χ3v) is 6.03. The molecule has 3 aromatic heterocycles. The van der Waals surface area contributed by atoms with Gasteiger partial charge in [0.25, 0.3) is 0 Å². The van der Waals surface area contributed by atoms with Crippen LogP contribution in [0.1, 0.15) is 58.1 Å². The lowest BCUT2D eigenvalue weighted by atomic mass is 9.95. The summed E-state index contributed by atoms with van der Waals surface area (Å²) in [5.41, 5.74) is 6.85. The summed E-state index contributed by atoms with van der Waals surface area (Å²) in [6.45, 7) is 15.1. The monoisotopic (exact) mass is 489 g/mol. The maximum Gasteiger partial charge on any atom is 0.340 e. The molecule has 190 valence electrons. The number of aromatic amines is 1. The van der Waals surface area contributed by atoms with E-state index in [0.29, 0.717) is 16.9 Å². The lowest BCUT2D eigenvalue weighted by molar-refractivity contribution is -0.111. The van der Waals surface area contributed by atoms with E-state index >= 15 is 0 Å². The number of fused-ring (bicyclic) bond motifs is 1. The number of amides is 1. The summed E-state index contributed by atoms with van der Waals surface area (Å²) >= 11 is 0. The lowest BCUT2D eigenvalue weighted by Crippen LogP contribution is -2.13. The number of H-pyrrole nitrogens is 1. The average Bonchev–Trinajstić information content (AvgIpc) is 3.45. The fraction of sp³-hybridized carbons (Fsp3) is 0.286. The molecule has 0 aliphatic carbocycles. The predicted octanol–water partition coefficient (Wildman–Crippen LogP) is 6.47. The van der Waals surface area contributed by atoms with Crippen LogP contribution in [0.4, 0.5) is 5.69 Å². The van der Waals surface area contributed by atoms with E-state index in [2.05, 4.69) is 40.8 Å². The van der Waals surface area contributed by atoms with E-state index in [4.69, 9.17) is 4.74 Å². The number of hydrogen-bond donors (Lipinski definition) is 2. The zero-order chi connectivity index (χ0) is 26.1.